The molecule has 0 spiro atoms. The number of nitrogens with one attached hydrogen (secondary N) is 1. The quantitative estimate of drug-likeness (QED) is 0.670. The van der Waals surface area contributed by atoms with Gasteiger partial charge in [0.05, 0.1) is 4.92 Å². The second-order valence-electron chi connectivity index (χ2n) is 7.54. The summed E-state index contributed by atoms with van der Waals surface area (Å²) in [5, 5.41) is 14.1. The maximum absolute atomic E-state index is 12.0. The summed E-state index contributed by atoms with van der Waals surface area (Å²) < 4.78 is 5.31. The number of nitro groups is 1. The maximum atomic E-state index is 12.0. The van der Waals surface area contributed by atoms with Gasteiger partial charge >= 0.3 is 6.09 Å². The number of hydrogen-bond acceptors (Lipinski definition) is 5. The van der Waals surface area contributed by atoms with E-state index in [9.17, 15) is 14.9 Å². The Kier molecular flexibility index (Phi) is 5.41. The topological polar surface area (TPSA) is 94.4 Å². The third kappa shape index (κ3) is 4.91. The van der Waals surface area contributed by atoms with Gasteiger partial charge in [0, 0.05) is 17.8 Å². The molecule has 7 nitrogen and oxygen atoms in total. The zero-order chi connectivity index (χ0) is 17.9. The summed E-state index contributed by atoms with van der Waals surface area (Å²) in [6.45, 7) is 7.56. The lowest BCUT2D eigenvalue weighted by atomic mass is 9.76. The Bertz CT molecular complexity index is 612. The van der Waals surface area contributed by atoms with E-state index in [4.69, 9.17) is 4.74 Å². The summed E-state index contributed by atoms with van der Waals surface area (Å²) in [6, 6.07) is 1.66. The molecule has 1 heterocycles. The lowest BCUT2D eigenvalue weighted by molar-refractivity contribution is -0.386. The minimum Gasteiger partial charge on any atom is -0.444 e. The van der Waals surface area contributed by atoms with Crippen LogP contribution in [-0.2, 0) is 4.74 Å². The normalized spacial score (nSPS) is 24.2. The first-order valence-electron chi connectivity index (χ1n) is 8.23. The Labute approximate surface area is 142 Å². The van der Waals surface area contributed by atoms with Crippen molar-refractivity contribution in [1.29, 1.82) is 0 Å². The molecule has 24 heavy (non-hydrogen) atoms. The summed E-state index contributed by atoms with van der Waals surface area (Å²) in [6.07, 6.45) is 4.80. The van der Waals surface area contributed by atoms with Gasteiger partial charge in [-0.3, -0.25) is 15.1 Å². The Hall–Kier alpha value is -2.18. The van der Waals surface area contributed by atoms with Crippen LogP contribution in [0.4, 0.5) is 10.5 Å². The van der Waals surface area contributed by atoms with Crippen LogP contribution in [0.25, 0.3) is 0 Å². The molecule has 0 bridgehead atoms. The van der Waals surface area contributed by atoms with Crippen LogP contribution < -0.4 is 5.32 Å². The number of hydrogen-bond donors (Lipinski definition) is 1. The lowest BCUT2D eigenvalue weighted by Crippen LogP contribution is -2.42. The molecule has 0 aromatic carbocycles. The molecule has 1 aliphatic carbocycles. The fourth-order valence-electron chi connectivity index (χ4n) is 3.34. The Balaban J connectivity index is 2.11. The number of rotatable bonds is 3. The Morgan fingerprint density at radius 2 is 2.08 bits per heavy atom. The fourth-order valence-corrected chi connectivity index (χ4v) is 3.34. The number of aromatic nitrogens is 1. The van der Waals surface area contributed by atoms with Crippen molar-refractivity contribution < 1.29 is 14.5 Å². The summed E-state index contributed by atoms with van der Waals surface area (Å²) in [5.74, 6) is 0.383. The maximum Gasteiger partial charge on any atom is 0.407 e. The molecule has 1 amide bonds. The van der Waals surface area contributed by atoms with Crippen molar-refractivity contribution in [2.45, 2.75) is 64.5 Å². The number of carbonyl (C=O) groups excluding carboxylic acids is 1. The molecule has 1 aromatic rings. The van der Waals surface area contributed by atoms with Crippen molar-refractivity contribution >= 4 is 11.8 Å². The lowest BCUT2D eigenvalue weighted by Gasteiger charge is -2.34. The van der Waals surface area contributed by atoms with Crippen molar-refractivity contribution in [1.82, 2.24) is 10.3 Å². The standard InChI is InChI=1S/C17H25N3O4/c1-11-7-12(14-5-6-18-10-15(14)20(22)23)9-13(8-11)19-16(21)24-17(2,3)4/h5-6,10-13H,7-9H2,1-4H3,(H,19,21)/t11-,12+,13+/m0/s1. The smallest absolute Gasteiger partial charge is 0.407 e. The van der Waals surface area contributed by atoms with Gasteiger partial charge < -0.3 is 10.1 Å². The average Bonchev–Trinajstić information content (AvgIpc) is 2.44. The predicted molar refractivity (Wildman–Crippen MR) is 89.8 cm³/mol. The summed E-state index contributed by atoms with van der Waals surface area (Å²) in [5.41, 5.74) is 0.193. The van der Waals surface area contributed by atoms with Crippen LogP contribution in [-0.4, -0.2) is 27.6 Å². The average molecular weight is 335 g/mol. The number of alkyl carbamates (subject to hydrolysis) is 1. The van der Waals surface area contributed by atoms with Gasteiger partial charge in [-0.1, -0.05) is 6.92 Å². The van der Waals surface area contributed by atoms with E-state index in [1.54, 1.807) is 12.3 Å². The fraction of sp³-hybridized carbons (Fsp3) is 0.647. The predicted octanol–water partition coefficient (Wildman–Crippen LogP) is 3.79. The summed E-state index contributed by atoms with van der Waals surface area (Å²) >= 11 is 0. The van der Waals surface area contributed by atoms with Crippen molar-refractivity contribution in [3.05, 3.63) is 34.1 Å². The zero-order valence-electron chi connectivity index (χ0n) is 14.6. The van der Waals surface area contributed by atoms with Crippen LogP contribution in [0, 0.1) is 16.0 Å². The van der Waals surface area contributed by atoms with Gasteiger partial charge in [0.1, 0.15) is 11.8 Å². The van der Waals surface area contributed by atoms with Gasteiger partial charge in [0.15, 0.2) is 0 Å². The molecule has 3 atom stereocenters. The SMILES string of the molecule is C[C@@H]1C[C@@H](NC(=O)OC(C)(C)C)C[C@H](c2ccncc2[N+](=O)[O-])C1. The molecule has 1 saturated carbocycles. The molecule has 0 saturated heterocycles. The van der Waals surface area contributed by atoms with E-state index in [0.717, 1.165) is 12.8 Å². The molecule has 0 aliphatic heterocycles. The van der Waals surface area contributed by atoms with Crippen LogP contribution >= 0.6 is 0 Å². The van der Waals surface area contributed by atoms with E-state index >= 15 is 0 Å². The van der Waals surface area contributed by atoms with Crippen LogP contribution in [0.1, 0.15) is 58.4 Å². The first-order chi connectivity index (χ1) is 11.2. The van der Waals surface area contributed by atoms with Gasteiger partial charge in [-0.15, -0.1) is 0 Å². The third-order valence-electron chi connectivity index (χ3n) is 4.13. The highest BCUT2D eigenvalue weighted by molar-refractivity contribution is 5.68. The Morgan fingerprint density at radius 1 is 1.38 bits per heavy atom. The van der Waals surface area contributed by atoms with Crippen molar-refractivity contribution in [3.8, 4) is 0 Å². The van der Waals surface area contributed by atoms with E-state index in [-0.39, 0.29) is 17.6 Å². The molecule has 1 N–H and O–H groups in total. The molecular formula is C17H25N3O4. The number of carbonyl (C=O) groups is 1. The van der Waals surface area contributed by atoms with E-state index in [0.29, 0.717) is 17.9 Å². The van der Waals surface area contributed by atoms with Gasteiger partial charge in [-0.2, -0.15) is 0 Å². The molecule has 1 aliphatic rings. The van der Waals surface area contributed by atoms with E-state index < -0.39 is 16.6 Å². The second-order valence-corrected chi connectivity index (χ2v) is 7.54. The van der Waals surface area contributed by atoms with E-state index in [2.05, 4.69) is 17.2 Å². The minimum atomic E-state index is -0.548. The molecule has 2 rings (SSSR count). The van der Waals surface area contributed by atoms with E-state index in [1.165, 1.54) is 6.20 Å². The van der Waals surface area contributed by atoms with Crippen LogP contribution in [0.3, 0.4) is 0 Å². The molecule has 7 heteroatoms. The summed E-state index contributed by atoms with van der Waals surface area (Å²) in [7, 11) is 0. The van der Waals surface area contributed by atoms with Gasteiger partial charge in [-0.25, -0.2) is 4.79 Å². The van der Waals surface area contributed by atoms with E-state index in [1.807, 2.05) is 20.8 Å². The van der Waals surface area contributed by atoms with Crippen LogP contribution in [0.2, 0.25) is 0 Å². The van der Waals surface area contributed by atoms with Crippen LogP contribution in [0.5, 0.6) is 0 Å². The number of nitrogens with zero attached hydrogens (tertiary/aromatic N) is 2. The largest absolute Gasteiger partial charge is 0.444 e. The monoisotopic (exact) mass is 335 g/mol. The third-order valence-corrected chi connectivity index (χ3v) is 4.13. The highest BCUT2D eigenvalue weighted by atomic mass is 16.6. The molecule has 132 valence electrons. The summed E-state index contributed by atoms with van der Waals surface area (Å²) in [4.78, 5) is 26.7. The molecular weight excluding hydrogens is 310 g/mol. The first kappa shape index (κ1) is 18.2. The van der Waals surface area contributed by atoms with Gasteiger partial charge in [0.25, 0.3) is 5.69 Å². The molecule has 1 aromatic heterocycles. The first-order valence-corrected chi connectivity index (χ1v) is 8.23. The highest BCUT2D eigenvalue weighted by Gasteiger charge is 2.32. The molecule has 1 fully saturated rings. The second kappa shape index (κ2) is 7.15. The highest BCUT2D eigenvalue weighted by Crippen LogP contribution is 2.39. The van der Waals surface area contributed by atoms with Crippen molar-refractivity contribution in [2.24, 2.45) is 5.92 Å². The molecule has 0 radical (unpaired) electrons. The minimum absolute atomic E-state index is 0.0251. The van der Waals surface area contributed by atoms with Crippen molar-refractivity contribution in [2.75, 3.05) is 0 Å². The number of amides is 1. The van der Waals surface area contributed by atoms with Gasteiger partial charge in [0.2, 0.25) is 0 Å². The van der Waals surface area contributed by atoms with Crippen molar-refractivity contribution in [3.63, 3.8) is 0 Å². The van der Waals surface area contributed by atoms with Gasteiger partial charge in [-0.05, 0) is 57.9 Å². The molecule has 0 unspecified atom stereocenters. The zero-order valence-corrected chi connectivity index (χ0v) is 14.6. The Morgan fingerprint density at radius 3 is 2.71 bits per heavy atom. The number of pyridine rings is 1. The number of ether oxygens (including phenoxy) is 1. The van der Waals surface area contributed by atoms with Crippen LogP contribution in [0.15, 0.2) is 18.5 Å².